The number of primary amides is 1. The molecule has 4 aromatic rings. The molecule has 33 heteroatoms. The minimum Gasteiger partial charge on any atom is -0.508 e. The molecule has 2 aliphatic heterocycles. The number of benzene rings is 3. The third kappa shape index (κ3) is 23.2. The Labute approximate surface area is 566 Å². The first kappa shape index (κ1) is 76.7. The molecule has 2 saturated heterocycles. The number of nitrogens with one attached hydrogen (secondary N) is 10. The lowest BCUT2D eigenvalue weighted by molar-refractivity contribution is -0.145. The summed E-state index contributed by atoms with van der Waals surface area (Å²) < 4.78 is 0. The van der Waals surface area contributed by atoms with E-state index in [9.17, 15) is 63.3 Å². The Morgan fingerprint density at radius 2 is 1.25 bits per heavy atom. The number of likely N-dealkylation sites (tertiary alicyclic amines) is 1. The van der Waals surface area contributed by atoms with Crippen LogP contribution in [-0.4, -0.2) is 204 Å². The van der Waals surface area contributed by atoms with Gasteiger partial charge in [-0.25, -0.2) is 0 Å². The SMILES string of the molecule is CC(C)[C@H](NC(=O)[C@@H]1CSSC[C@H](NC(=O)[C@H](CC(=O)O)NC(=O)[C@@H]2CCCN2C(=O)[C@@H](NC(=O)[C@@H](N)CCC(=O)O)[C@@H](C)O)C(=O)N[C@@H](Cc2ccccc2)C(=O)N[C@@H](Cc2c[nH]c3ccccc23)C(=O)N[C@@H](CCCCN)C(=O)N[C@@H](Cc2ccc(O)cc2)C(=O)N1)C(N)=O. The number of amides is 11. The number of hydrogen-bond acceptors (Lipinski definition) is 19. The average Bonchev–Trinajstić information content (AvgIpc) is 1.75. The van der Waals surface area contributed by atoms with E-state index in [1.807, 2.05) is 0 Å². The highest BCUT2D eigenvalue weighted by molar-refractivity contribution is 8.76. The summed E-state index contributed by atoms with van der Waals surface area (Å²) in [6.45, 7) is 4.49. The number of aliphatic hydroxyl groups excluding tert-OH is 1. The fourth-order valence-corrected chi connectivity index (χ4v) is 13.2. The molecule has 97 heavy (non-hydrogen) atoms. The predicted octanol–water partition coefficient (Wildman–Crippen LogP) is -2.03. The van der Waals surface area contributed by atoms with Crippen LogP contribution in [0.5, 0.6) is 5.75 Å². The summed E-state index contributed by atoms with van der Waals surface area (Å²) in [5.74, 6) is -15.1. The zero-order chi connectivity index (χ0) is 71.0. The maximum atomic E-state index is 15.1. The molecule has 0 aliphatic carbocycles. The molecule has 1 aromatic heterocycles. The topological polar surface area (TPSA) is 508 Å². The van der Waals surface area contributed by atoms with Crippen molar-refractivity contribution in [2.45, 2.75) is 164 Å². The van der Waals surface area contributed by atoms with Crippen LogP contribution < -0.4 is 65.1 Å². The molecule has 2 fully saturated rings. The largest absolute Gasteiger partial charge is 0.508 e. The second-order valence-electron chi connectivity index (χ2n) is 24.1. The van der Waals surface area contributed by atoms with Crippen molar-refractivity contribution in [1.29, 1.82) is 0 Å². The number of fused-ring (bicyclic) bond motifs is 1. The number of carbonyl (C=O) groups is 13. The zero-order valence-electron chi connectivity index (χ0n) is 53.8. The van der Waals surface area contributed by atoms with E-state index >= 15 is 14.4 Å². The number of para-hydroxylation sites is 1. The van der Waals surface area contributed by atoms with E-state index in [-0.39, 0.29) is 76.0 Å². The number of carbonyl (C=O) groups excluding carboxylic acids is 11. The number of phenolic OH excluding ortho intramolecular Hbond substituents is 1. The summed E-state index contributed by atoms with van der Waals surface area (Å²) in [6, 6.07) is 4.12. The Balaban J connectivity index is 1.41. The quantitative estimate of drug-likeness (QED) is 0.0226. The van der Waals surface area contributed by atoms with Gasteiger partial charge >= 0.3 is 11.9 Å². The standard InChI is InChI=1S/C64H86N14O17S2/c1-33(2)52(54(67)85)76-62(93)48-32-97-96-31-47(74-60(91)46(29-51(83)84)73-63(94)49-17-11-25-78(49)64(95)53(34(3)79)77-55(86)40(66)22-23-50(81)82)61(92)71-43(26-35-12-5-4-6-13-35)57(88)72-45(28-37-30-68-41-15-8-7-14-39(37)41)59(90)69-42(16-9-10-24-65)56(87)70-44(58(89)75-48)27-36-18-20-38(80)21-19-36/h4-8,12-15,18-21,30,33-34,40,42-49,52-53,68,79-80H,9-11,16-17,22-29,31-32,65-66H2,1-3H3,(H2,67,85)(H,69,90)(H,70,87)(H,71,92)(H,72,88)(H,73,94)(H,74,91)(H,75,89)(H,76,93)(H,77,86)(H,81,82)(H,83,84)/t34-,40+,42+,43+,44+,45+,46+,47+,48+,49+,52+,53+/m1/s1. The molecular weight excluding hydrogens is 1300 g/mol. The summed E-state index contributed by atoms with van der Waals surface area (Å²) in [5, 5.41) is 64.2. The van der Waals surface area contributed by atoms with Crippen LogP contribution >= 0.6 is 21.6 Å². The predicted molar refractivity (Wildman–Crippen MR) is 357 cm³/mol. The third-order valence-corrected chi connectivity index (χ3v) is 18.7. The van der Waals surface area contributed by atoms with E-state index < -0.39 is 174 Å². The number of rotatable bonds is 27. The van der Waals surface area contributed by atoms with Crippen LogP contribution in [0.4, 0.5) is 0 Å². The van der Waals surface area contributed by atoms with E-state index in [0.29, 0.717) is 34.0 Å². The van der Waals surface area contributed by atoms with Crippen LogP contribution in [0.15, 0.2) is 85.1 Å². The molecule has 0 saturated carbocycles. The van der Waals surface area contributed by atoms with Gasteiger partial charge in [-0.3, -0.25) is 62.3 Å². The number of carboxylic acid groups (broad SMARTS) is 2. The van der Waals surface area contributed by atoms with E-state index in [1.165, 1.54) is 31.2 Å². The second kappa shape index (κ2) is 37.3. The Bertz CT molecular complexity index is 3450. The molecule has 11 amide bonds. The van der Waals surface area contributed by atoms with Crippen LogP contribution in [0.25, 0.3) is 10.9 Å². The van der Waals surface area contributed by atoms with E-state index in [2.05, 4.69) is 52.8 Å². The molecular formula is C64H86N14O17S2. The smallest absolute Gasteiger partial charge is 0.305 e. The van der Waals surface area contributed by atoms with Crippen LogP contribution in [0.3, 0.4) is 0 Å². The van der Waals surface area contributed by atoms with Gasteiger partial charge in [0.2, 0.25) is 65.0 Å². The molecule has 0 spiro atoms. The maximum absolute atomic E-state index is 15.1. The number of unbranched alkanes of at least 4 members (excludes halogenated alkanes) is 1. The average molecular weight is 1390 g/mol. The normalized spacial score (nSPS) is 21.6. The molecule has 0 bridgehead atoms. The van der Waals surface area contributed by atoms with Gasteiger partial charge in [0.1, 0.15) is 66.2 Å². The van der Waals surface area contributed by atoms with E-state index in [4.69, 9.17) is 22.3 Å². The number of H-pyrrole nitrogens is 1. The first-order valence-electron chi connectivity index (χ1n) is 31.7. The summed E-state index contributed by atoms with van der Waals surface area (Å²) in [5.41, 5.74) is 19.6. The molecule has 3 aromatic carbocycles. The van der Waals surface area contributed by atoms with Gasteiger partial charge in [0.15, 0.2) is 0 Å². The number of phenols is 1. The van der Waals surface area contributed by atoms with Gasteiger partial charge in [-0.05, 0) is 92.8 Å². The van der Waals surface area contributed by atoms with Crippen molar-refractivity contribution in [2.75, 3.05) is 24.6 Å². The van der Waals surface area contributed by atoms with Crippen molar-refractivity contribution in [3.05, 3.63) is 102 Å². The van der Waals surface area contributed by atoms with Gasteiger partial charge in [-0.2, -0.15) is 0 Å². The van der Waals surface area contributed by atoms with E-state index in [0.717, 1.165) is 26.5 Å². The van der Waals surface area contributed by atoms with Gasteiger partial charge in [0.05, 0.1) is 18.6 Å². The van der Waals surface area contributed by atoms with Gasteiger partial charge in [-0.15, -0.1) is 0 Å². The van der Waals surface area contributed by atoms with Gasteiger partial charge in [-0.1, -0.05) is 96.1 Å². The summed E-state index contributed by atoms with van der Waals surface area (Å²) >= 11 is 0. The number of carboxylic acids is 2. The molecule has 0 unspecified atom stereocenters. The summed E-state index contributed by atoms with van der Waals surface area (Å²) in [7, 11) is 1.71. The summed E-state index contributed by atoms with van der Waals surface area (Å²) in [6.07, 6.45) is -1.74. The number of hydrogen-bond donors (Lipinski definition) is 17. The Morgan fingerprint density at radius 1 is 0.660 bits per heavy atom. The number of nitrogens with zero attached hydrogens (tertiary/aromatic N) is 1. The molecule has 12 atom stereocenters. The Hall–Kier alpha value is -9.31. The fourth-order valence-electron chi connectivity index (χ4n) is 10.9. The van der Waals surface area contributed by atoms with Crippen molar-refractivity contribution < 1.29 is 82.8 Å². The van der Waals surface area contributed by atoms with Gasteiger partial charge in [0.25, 0.3) is 0 Å². The molecule has 3 heterocycles. The van der Waals surface area contributed by atoms with Crippen molar-refractivity contribution in [3.63, 3.8) is 0 Å². The van der Waals surface area contributed by atoms with E-state index in [1.54, 1.807) is 74.6 Å². The van der Waals surface area contributed by atoms with Crippen molar-refractivity contribution >= 4 is 109 Å². The van der Waals surface area contributed by atoms with Crippen LogP contribution in [0, 0.1) is 5.92 Å². The van der Waals surface area contributed by atoms with Crippen LogP contribution in [0.2, 0.25) is 0 Å². The van der Waals surface area contributed by atoms with Gasteiger partial charge in [0, 0.05) is 60.8 Å². The molecule has 526 valence electrons. The van der Waals surface area contributed by atoms with Crippen LogP contribution in [-0.2, 0) is 81.6 Å². The third-order valence-electron chi connectivity index (χ3n) is 16.2. The molecule has 0 radical (unpaired) electrons. The molecule has 20 N–H and O–H groups in total. The number of nitrogens with two attached hydrogens (primary N) is 3. The lowest BCUT2D eigenvalue weighted by Gasteiger charge is -2.31. The highest BCUT2D eigenvalue weighted by atomic mass is 33.1. The Morgan fingerprint density at radius 3 is 1.87 bits per heavy atom. The second-order valence-corrected chi connectivity index (χ2v) is 26.6. The number of aliphatic carboxylic acids is 2. The highest BCUT2D eigenvalue weighted by Crippen LogP contribution is 2.26. The number of aromatic nitrogens is 1. The maximum Gasteiger partial charge on any atom is 0.305 e. The fraction of sp³-hybridized carbons (Fsp3) is 0.484. The zero-order valence-corrected chi connectivity index (χ0v) is 55.4. The first-order chi connectivity index (χ1) is 46.1. The van der Waals surface area contributed by atoms with Crippen molar-refractivity contribution in [3.8, 4) is 5.75 Å². The molecule has 2 aliphatic rings. The summed E-state index contributed by atoms with van der Waals surface area (Å²) in [4.78, 5) is 186. The lowest BCUT2D eigenvalue weighted by atomic mass is 10.0. The number of aromatic hydroxyl groups is 1. The van der Waals surface area contributed by atoms with Crippen LogP contribution in [0.1, 0.15) is 88.8 Å². The first-order valence-corrected chi connectivity index (χ1v) is 34.1. The number of aliphatic hydroxyl groups is 1. The van der Waals surface area contributed by atoms with Gasteiger partial charge < -0.3 is 95.4 Å². The highest BCUT2D eigenvalue weighted by Gasteiger charge is 2.42. The van der Waals surface area contributed by atoms with Crippen molar-refractivity contribution in [1.82, 2.24) is 57.7 Å². The molecule has 31 nitrogen and oxygen atoms in total. The minimum atomic E-state index is -1.99. The minimum absolute atomic E-state index is 0.0324. The van der Waals surface area contributed by atoms with Crippen molar-refractivity contribution in [2.24, 2.45) is 23.1 Å². The Kier molecular flexibility index (Phi) is 29.5. The molecule has 6 rings (SSSR count). The monoisotopic (exact) mass is 1390 g/mol. The number of aromatic amines is 1. The lowest BCUT2D eigenvalue weighted by Crippen LogP contribution is -2.62.